The summed E-state index contributed by atoms with van der Waals surface area (Å²) in [4.78, 5) is 0. The molecule has 0 saturated heterocycles. The minimum Gasteiger partial charge on any atom is -0.387 e. The molecule has 62 valence electrons. The molecule has 0 aliphatic rings. The zero-order chi connectivity index (χ0) is 8.36. The Morgan fingerprint density at radius 3 is 1.90 bits per heavy atom. The van der Waals surface area contributed by atoms with Gasteiger partial charge in [0.1, 0.15) is 6.10 Å². The van der Waals surface area contributed by atoms with E-state index in [-0.39, 0.29) is 12.3 Å². The van der Waals surface area contributed by atoms with Crippen molar-refractivity contribution in [3.05, 3.63) is 0 Å². The lowest BCUT2D eigenvalue weighted by atomic mass is 10.0. The molecule has 0 fully saturated rings. The van der Waals surface area contributed by atoms with Gasteiger partial charge in [0, 0.05) is 6.92 Å². The van der Waals surface area contributed by atoms with E-state index < -0.39 is 12.0 Å². The summed E-state index contributed by atoms with van der Waals surface area (Å²) in [7, 11) is 0. The van der Waals surface area contributed by atoms with Crippen molar-refractivity contribution in [2.75, 3.05) is 0 Å². The van der Waals surface area contributed by atoms with E-state index in [4.69, 9.17) is 5.11 Å². The van der Waals surface area contributed by atoms with E-state index in [9.17, 15) is 8.78 Å². The molecule has 0 aromatic heterocycles. The highest BCUT2D eigenvalue weighted by Crippen LogP contribution is 2.22. The van der Waals surface area contributed by atoms with Crippen LogP contribution < -0.4 is 0 Å². The molecule has 0 unspecified atom stereocenters. The van der Waals surface area contributed by atoms with Crippen molar-refractivity contribution in [2.45, 2.75) is 39.2 Å². The molecule has 0 aliphatic heterocycles. The first-order valence-electron chi connectivity index (χ1n) is 3.40. The Morgan fingerprint density at radius 1 is 1.40 bits per heavy atom. The van der Waals surface area contributed by atoms with Crippen molar-refractivity contribution in [3.8, 4) is 0 Å². The van der Waals surface area contributed by atoms with Gasteiger partial charge in [-0.25, -0.2) is 8.78 Å². The van der Waals surface area contributed by atoms with Crippen LogP contribution in [0.15, 0.2) is 0 Å². The second-order valence-corrected chi connectivity index (χ2v) is 3.10. The van der Waals surface area contributed by atoms with Gasteiger partial charge >= 0.3 is 0 Å². The van der Waals surface area contributed by atoms with Crippen LogP contribution in [-0.2, 0) is 0 Å². The Kier molecular flexibility index (Phi) is 3.22. The third-order valence-corrected chi connectivity index (χ3v) is 1.28. The van der Waals surface area contributed by atoms with E-state index in [1.165, 1.54) is 0 Å². The molecule has 0 aliphatic carbocycles. The predicted octanol–water partition coefficient (Wildman–Crippen LogP) is 2.05. The molecule has 0 amide bonds. The molecule has 10 heavy (non-hydrogen) atoms. The third-order valence-electron chi connectivity index (χ3n) is 1.28. The minimum atomic E-state index is -2.95. The van der Waals surface area contributed by atoms with Gasteiger partial charge in [-0.1, -0.05) is 13.8 Å². The summed E-state index contributed by atoms with van der Waals surface area (Å²) in [6.45, 7) is 4.34. The first-order chi connectivity index (χ1) is 4.34. The van der Waals surface area contributed by atoms with E-state index in [1.807, 2.05) is 0 Å². The number of aliphatic hydroxyl groups excluding tert-OH is 1. The average molecular weight is 152 g/mol. The summed E-state index contributed by atoms with van der Waals surface area (Å²) in [5, 5.41) is 8.81. The maximum atomic E-state index is 12.2. The fourth-order valence-electron chi connectivity index (χ4n) is 0.653. The summed E-state index contributed by atoms with van der Waals surface area (Å²) in [6.07, 6.45) is -1.34. The Morgan fingerprint density at radius 2 is 1.80 bits per heavy atom. The van der Waals surface area contributed by atoms with Crippen molar-refractivity contribution in [2.24, 2.45) is 5.92 Å². The molecule has 0 radical (unpaired) electrons. The number of hydrogen-bond acceptors (Lipinski definition) is 1. The first kappa shape index (κ1) is 9.82. The van der Waals surface area contributed by atoms with Crippen molar-refractivity contribution in [3.63, 3.8) is 0 Å². The van der Waals surface area contributed by atoms with Crippen LogP contribution in [0.1, 0.15) is 27.2 Å². The van der Waals surface area contributed by atoms with Gasteiger partial charge in [0.2, 0.25) is 0 Å². The van der Waals surface area contributed by atoms with Crippen LogP contribution >= 0.6 is 0 Å². The molecule has 0 rings (SSSR count). The number of hydrogen-bond donors (Lipinski definition) is 1. The number of alkyl halides is 2. The monoisotopic (exact) mass is 152 g/mol. The van der Waals surface area contributed by atoms with Crippen LogP contribution in [-0.4, -0.2) is 17.1 Å². The molecule has 0 heterocycles. The van der Waals surface area contributed by atoms with Crippen molar-refractivity contribution in [1.29, 1.82) is 0 Å². The lowest BCUT2D eigenvalue weighted by molar-refractivity contribution is -0.1000. The number of halogens is 2. The standard InChI is InChI=1S/C7H14F2O/c1-5(2)4-6(10)7(3,8)9/h5-6,10H,4H2,1-3H3/t6-/m0/s1. The Labute approximate surface area is 60.1 Å². The Balaban J connectivity index is 3.73. The molecule has 0 bridgehead atoms. The molecular weight excluding hydrogens is 138 g/mol. The zero-order valence-corrected chi connectivity index (χ0v) is 6.56. The van der Waals surface area contributed by atoms with Crippen LogP contribution in [0.5, 0.6) is 0 Å². The predicted molar refractivity (Wildman–Crippen MR) is 36.1 cm³/mol. The van der Waals surface area contributed by atoms with E-state index in [1.54, 1.807) is 13.8 Å². The fourth-order valence-corrected chi connectivity index (χ4v) is 0.653. The van der Waals surface area contributed by atoms with Crippen LogP contribution in [0, 0.1) is 5.92 Å². The highest BCUT2D eigenvalue weighted by Gasteiger charge is 2.32. The van der Waals surface area contributed by atoms with Gasteiger partial charge in [0.05, 0.1) is 0 Å². The smallest absolute Gasteiger partial charge is 0.270 e. The summed E-state index contributed by atoms with van der Waals surface area (Å²) in [5.74, 6) is -2.84. The quantitative estimate of drug-likeness (QED) is 0.656. The third kappa shape index (κ3) is 3.77. The van der Waals surface area contributed by atoms with Gasteiger partial charge < -0.3 is 5.11 Å². The van der Waals surface area contributed by atoms with Gasteiger partial charge in [-0.2, -0.15) is 0 Å². The largest absolute Gasteiger partial charge is 0.387 e. The maximum absolute atomic E-state index is 12.2. The molecule has 0 saturated carbocycles. The highest BCUT2D eigenvalue weighted by atomic mass is 19.3. The SMILES string of the molecule is CC(C)C[C@H](O)C(C)(F)F. The average Bonchev–Trinajstić information content (AvgIpc) is 1.60. The normalized spacial score (nSPS) is 15.9. The second-order valence-electron chi connectivity index (χ2n) is 3.10. The highest BCUT2D eigenvalue weighted by molar-refractivity contribution is 4.71. The Bertz CT molecular complexity index is 96.3. The molecular formula is C7H14F2O. The number of aliphatic hydroxyl groups is 1. The van der Waals surface area contributed by atoms with E-state index >= 15 is 0 Å². The molecule has 1 atom stereocenters. The summed E-state index contributed by atoms with van der Waals surface area (Å²) in [6, 6.07) is 0. The summed E-state index contributed by atoms with van der Waals surface area (Å²) in [5.41, 5.74) is 0. The van der Waals surface area contributed by atoms with Crippen LogP contribution in [0.25, 0.3) is 0 Å². The van der Waals surface area contributed by atoms with Gasteiger partial charge in [0.15, 0.2) is 0 Å². The fraction of sp³-hybridized carbons (Fsp3) is 1.00. The molecule has 0 aromatic carbocycles. The minimum absolute atomic E-state index is 0.112. The lowest BCUT2D eigenvalue weighted by Gasteiger charge is -2.19. The molecule has 0 spiro atoms. The first-order valence-corrected chi connectivity index (χ1v) is 3.40. The summed E-state index contributed by atoms with van der Waals surface area (Å²) < 4.78 is 24.5. The molecule has 1 nitrogen and oxygen atoms in total. The second kappa shape index (κ2) is 3.28. The van der Waals surface area contributed by atoms with Crippen LogP contribution in [0.2, 0.25) is 0 Å². The topological polar surface area (TPSA) is 20.2 Å². The van der Waals surface area contributed by atoms with Gasteiger partial charge in [-0.05, 0) is 12.3 Å². The molecule has 3 heteroatoms. The Hall–Kier alpha value is -0.180. The molecule has 1 N–H and O–H groups in total. The van der Waals surface area contributed by atoms with Crippen LogP contribution in [0.3, 0.4) is 0 Å². The van der Waals surface area contributed by atoms with E-state index in [2.05, 4.69) is 0 Å². The van der Waals surface area contributed by atoms with Crippen molar-refractivity contribution >= 4 is 0 Å². The van der Waals surface area contributed by atoms with Gasteiger partial charge in [-0.3, -0.25) is 0 Å². The van der Waals surface area contributed by atoms with E-state index in [0.717, 1.165) is 6.92 Å². The summed E-state index contributed by atoms with van der Waals surface area (Å²) >= 11 is 0. The van der Waals surface area contributed by atoms with Crippen LogP contribution in [0.4, 0.5) is 8.78 Å². The van der Waals surface area contributed by atoms with Crippen molar-refractivity contribution in [1.82, 2.24) is 0 Å². The van der Waals surface area contributed by atoms with Gasteiger partial charge in [-0.15, -0.1) is 0 Å². The number of rotatable bonds is 3. The molecule has 0 aromatic rings. The lowest BCUT2D eigenvalue weighted by Crippen LogP contribution is -2.30. The van der Waals surface area contributed by atoms with E-state index in [0.29, 0.717) is 0 Å². The zero-order valence-electron chi connectivity index (χ0n) is 6.56. The van der Waals surface area contributed by atoms with Gasteiger partial charge in [0.25, 0.3) is 5.92 Å². The maximum Gasteiger partial charge on any atom is 0.270 e. The van der Waals surface area contributed by atoms with Crippen molar-refractivity contribution < 1.29 is 13.9 Å².